The van der Waals surface area contributed by atoms with Gasteiger partial charge in [0.1, 0.15) is 9.84 Å². The lowest BCUT2D eigenvalue weighted by Crippen LogP contribution is -2.36. The van der Waals surface area contributed by atoms with Crippen LogP contribution in [0.15, 0.2) is 0 Å². The maximum absolute atomic E-state index is 11.6. The molecule has 1 aliphatic rings. The summed E-state index contributed by atoms with van der Waals surface area (Å²) in [5.41, 5.74) is 0. The van der Waals surface area contributed by atoms with E-state index in [9.17, 15) is 16.8 Å². The highest BCUT2D eigenvalue weighted by molar-refractivity contribution is 7.93. The quantitative estimate of drug-likeness (QED) is 0.770. The summed E-state index contributed by atoms with van der Waals surface area (Å²) in [6, 6.07) is -0.0143. The van der Waals surface area contributed by atoms with E-state index in [-0.39, 0.29) is 17.5 Å². The van der Waals surface area contributed by atoms with Crippen molar-refractivity contribution in [3.05, 3.63) is 0 Å². The normalized spacial score (nSPS) is 27.1. The smallest absolute Gasteiger partial charge is 0.212 e. The van der Waals surface area contributed by atoms with Crippen molar-refractivity contribution >= 4 is 19.9 Å². The Balaban J connectivity index is 2.46. The third kappa shape index (κ3) is 5.27. The van der Waals surface area contributed by atoms with Crippen molar-refractivity contribution in [1.82, 2.24) is 4.72 Å². The van der Waals surface area contributed by atoms with Gasteiger partial charge in [0.2, 0.25) is 10.0 Å². The van der Waals surface area contributed by atoms with Crippen LogP contribution in [0.1, 0.15) is 26.2 Å². The molecule has 0 aliphatic heterocycles. The van der Waals surface area contributed by atoms with Crippen molar-refractivity contribution in [2.24, 2.45) is 5.92 Å². The Morgan fingerprint density at radius 2 is 1.75 bits per heavy atom. The minimum atomic E-state index is -3.45. The molecule has 2 unspecified atom stereocenters. The van der Waals surface area contributed by atoms with Crippen molar-refractivity contribution in [3.63, 3.8) is 0 Å². The van der Waals surface area contributed by atoms with Gasteiger partial charge in [-0.15, -0.1) is 0 Å². The Kier molecular flexibility index (Phi) is 4.36. The van der Waals surface area contributed by atoms with Crippen LogP contribution in [0.4, 0.5) is 0 Å². The molecule has 0 aromatic rings. The number of sulfonamides is 1. The summed E-state index contributed by atoms with van der Waals surface area (Å²) in [6.45, 7) is 2.09. The molecule has 0 heterocycles. The highest BCUT2D eigenvalue weighted by Gasteiger charge is 2.25. The molecular formula is C9H19NO4S2. The van der Waals surface area contributed by atoms with Crippen LogP contribution in [0, 0.1) is 5.92 Å². The average Bonchev–Trinajstić information content (AvgIpc) is 2.46. The van der Waals surface area contributed by atoms with E-state index in [2.05, 4.69) is 11.6 Å². The van der Waals surface area contributed by atoms with E-state index < -0.39 is 19.9 Å². The lowest BCUT2D eigenvalue weighted by molar-refractivity contribution is 0.538. The van der Waals surface area contributed by atoms with E-state index in [4.69, 9.17) is 0 Å². The third-order valence-corrected chi connectivity index (χ3v) is 5.40. The fourth-order valence-corrected chi connectivity index (χ4v) is 4.82. The number of hydrogen-bond acceptors (Lipinski definition) is 4. The summed E-state index contributed by atoms with van der Waals surface area (Å²) in [5, 5.41) is 0. The monoisotopic (exact) mass is 269 g/mol. The molecule has 0 aromatic carbocycles. The highest BCUT2D eigenvalue weighted by Crippen LogP contribution is 2.24. The summed E-state index contributed by atoms with van der Waals surface area (Å²) in [7, 11) is -6.67. The van der Waals surface area contributed by atoms with Gasteiger partial charge in [-0.3, -0.25) is 0 Å². The molecule has 1 saturated carbocycles. The number of nitrogens with one attached hydrogen (secondary N) is 1. The molecule has 0 amide bonds. The van der Waals surface area contributed by atoms with Crippen LogP contribution >= 0.6 is 0 Å². The van der Waals surface area contributed by atoms with Crippen LogP contribution < -0.4 is 4.72 Å². The Labute approximate surface area is 97.6 Å². The second kappa shape index (κ2) is 5.01. The van der Waals surface area contributed by atoms with E-state index in [0.717, 1.165) is 25.5 Å². The summed E-state index contributed by atoms with van der Waals surface area (Å²) >= 11 is 0. The van der Waals surface area contributed by atoms with Crippen molar-refractivity contribution in [1.29, 1.82) is 0 Å². The lowest BCUT2D eigenvalue weighted by Gasteiger charge is -2.12. The van der Waals surface area contributed by atoms with E-state index >= 15 is 0 Å². The van der Waals surface area contributed by atoms with E-state index in [1.54, 1.807) is 0 Å². The molecule has 1 fully saturated rings. The largest absolute Gasteiger partial charge is 0.229 e. The van der Waals surface area contributed by atoms with Gasteiger partial charge in [-0.2, -0.15) is 0 Å². The van der Waals surface area contributed by atoms with Crippen LogP contribution in [-0.2, 0) is 19.9 Å². The number of sulfone groups is 1. The zero-order valence-corrected chi connectivity index (χ0v) is 11.3. The summed E-state index contributed by atoms with van der Waals surface area (Å²) in [5.74, 6) is -0.107. The zero-order valence-electron chi connectivity index (χ0n) is 9.64. The van der Waals surface area contributed by atoms with Gasteiger partial charge < -0.3 is 0 Å². The predicted molar refractivity (Wildman–Crippen MR) is 63.4 cm³/mol. The number of rotatable bonds is 5. The fraction of sp³-hybridized carbons (Fsp3) is 1.00. The molecule has 0 bridgehead atoms. The summed E-state index contributed by atoms with van der Waals surface area (Å²) in [4.78, 5) is 0. The van der Waals surface area contributed by atoms with Gasteiger partial charge in [0.25, 0.3) is 0 Å². The van der Waals surface area contributed by atoms with Crippen LogP contribution in [0.5, 0.6) is 0 Å². The third-order valence-electron chi connectivity index (χ3n) is 2.76. The highest BCUT2D eigenvalue weighted by atomic mass is 32.2. The second-order valence-corrected chi connectivity index (χ2v) is 8.81. The number of hydrogen-bond donors (Lipinski definition) is 1. The van der Waals surface area contributed by atoms with E-state index in [1.807, 2.05) is 0 Å². The Hall–Kier alpha value is -0.140. The first-order valence-electron chi connectivity index (χ1n) is 5.36. The summed E-state index contributed by atoms with van der Waals surface area (Å²) in [6.07, 6.45) is 3.76. The molecule has 2 atom stereocenters. The maximum atomic E-state index is 11.6. The first-order chi connectivity index (χ1) is 7.18. The van der Waals surface area contributed by atoms with Gasteiger partial charge in [-0.05, 0) is 25.2 Å². The van der Waals surface area contributed by atoms with Crippen molar-refractivity contribution in [2.45, 2.75) is 32.2 Å². The van der Waals surface area contributed by atoms with Crippen LogP contribution in [-0.4, -0.2) is 40.6 Å². The van der Waals surface area contributed by atoms with Crippen molar-refractivity contribution in [3.8, 4) is 0 Å². The Morgan fingerprint density at radius 3 is 2.19 bits per heavy atom. The molecule has 1 rings (SSSR count). The zero-order chi connectivity index (χ0) is 12.4. The van der Waals surface area contributed by atoms with E-state index in [1.165, 1.54) is 0 Å². The molecule has 96 valence electrons. The second-order valence-electron chi connectivity index (χ2n) is 4.68. The predicted octanol–water partition coefficient (Wildman–Crippen LogP) is 0.139. The topological polar surface area (TPSA) is 80.3 Å². The van der Waals surface area contributed by atoms with Crippen LogP contribution in [0.2, 0.25) is 0 Å². The SMILES string of the molecule is CC1CCC(NS(=O)(=O)CCS(C)(=O)=O)C1. The van der Waals surface area contributed by atoms with Crippen molar-refractivity contribution < 1.29 is 16.8 Å². The fourth-order valence-electron chi connectivity index (χ4n) is 1.89. The summed E-state index contributed by atoms with van der Waals surface area (Å²) < 4.78 is 47.4. The molecule has 7 heteroatoms. The van der Waals surface area contributed by atoms with Gasteiger partial charge in [-0.25, -0.2) is 21.6 Å². The van der Waals surface area contributed by atoms with Crippen molar-refractivity contribution in [2.75, 3.05) is 17.8 Å². The maximum Gasteiger partial charge on any atom is 0.212 e. The first kappa shape index (κ1) is 13.9. The molecule has 0 saturated heterocycles. The molecule has 0 radical (unpaired) electrons. The van der Waals surface area contributed by atoms with Crippen LogP contribution in [0.25, 0.3) is 0 Å². The molecule has 1 N–H and O–H groups in total. The van der Waals surface area contributed by atoms with Gasteiger partial charge in [0.15, 0.2) is 0 Å². The van der Waals surface area contributed by atoms with Crippen LogP contribution in [0.3, 0.4) is 0 Å². The first-order valence-corrected chi connectivity index (χ1v) is 9.07. The van der Waals surface area contributed by atoms with E-state index in [0.29, 0.717) is 5.92 Å². The minimum Gasteiger partial charge on any atom is -0.229 e. The molecule has 5 nitrogen and oxygen atoms in total. The minimum absolute atomic E-state index is 0.0143. The Bertz CT molecular complexity index is 426. The molecular weight excluding hydrogens is 250 g/mol. The lowest BCUT2D eigenvalue weighted by atomic mass is 10.1. The van der Waals surface area contributed by atoms with Gasteiger partial charge in [-0.1, -0.05) is 6.92 Å². The molecule has 0 spiro atoms. The standard InChI is InChI=1S/C9H19NO4S2/c1-8-3-4-9(7-8)10-16(13,14)6-5-15(2,11)12/h8-10H,3-7H2,1-2H3. The molecule has 1 aliphatic carbocycles. The Morgan fingerprint density at radius 1 is 1.12 bits per heavy atom. The molecule has 16 heavy (non-hydrogen) atoms. The van der Waals surface area contributed by atoms with Gasteiger partial charge in [0.05, 0.1) is 11.5 Å². The van der Waals surface area contributed by atoms with Gasteiger partial charge in [0, 0.05) is 12.3 Å². The average molecular weight is 269 g/mol. The molecule has 0 aromatic heterocycles. The van der Waals surface area contributed by atoms with Gasteiger partial charge >= 0.3 is 0 Å².